The lowest BCUT2D eigenvalue weighted by molar-refractivity contribution is 1.01. The fraction of sp³-hybridized carbons (Fsp3) is 0.0980. The van der Waals surface area contributed by atoms with Gasteiger partial charge in [0.25, 0.3) is 0 Å². The number of thiophene rings is 1. The number of benzene rings is 6. The largest absolute Gasteiger partial charge is 0.342 e. The van der Waals surface area contributed by atoms with Gasteiger partial charge in [-0.05, 0) is 104 Å². The first-order valence-electron chi connectivity index (χ1n) is 19.0. The van der Waals surface area contributed by atoms with Gasteiger partial charge in [0, 0.05) is 45.7 Å². The summed E-state index contributed by atoms with van der Waals surface area (Å²) in [5, 5.41) is 12.1. The summed E-state index contributed by atoms with van der Waals surface area (Å²) in [5.41, 5.74) is 10.8. The number of anilines is 5. The van der Waals surface area contributed by atoms with Crippen molar-refractivity contribution >= 4 is 50.5 Å². The Labute approximate surface area is 335 Å². The molecule has 0 bridgehead atoms. The quantitative estimate of drug-likeness (QED) is 0.110. The normalized spacial score (nSPS) is 12.1. The van der Waals surface area contributed by atoms with E-state index in [0.717, 1.165) is 72.8 Å². The van der Waals surface area contributed by atoms with Crippen molar-refractivity contribution in [1.29, 1.82) is 5.26 Å². The van der Waals surface area contributed by atoms with Crippen LogP contribution < -0.4 is 9.80 Å². The van der Waals surface area contributed by atoms with Gasteiger partial charge < -0.3 is 9.80 Å². The first-order chi connectivity index (χ1) is 27.6. The van der Waals surface area contributed by atoms with Crippen LogP contribution in [0.3, 0.4) is 0 Å². The zero-order valence-electron chi connectivity index (χ0n) is 32.0. The summed E-state index contributed by atoms with van der Waals surface area (Å²) in [6, 6.07) is 61.2. The van der Waals surface area contributed by atoms with Crippen LogP contribution in [-0.2, 0) is 0 Å². The Kier molecular flexibility index (Phi) is 12.1. The second-order valence-corrected chi connectivity index (χ2v) is 14.4. The fourth-order valence-electron chi connectivity index (χ4n) is 7.05. The highest BCUT2D eigenvalue weighted by molar-refractivity contribution is 7.17. The van der Waals surface area contributed by atoms with E-state index in [4.69, 9.17) is 4.99 Å². The van der Waals surface area contributed by atoms with Gasteiger partial charge in [-0.2, -0.15) is 5.26 Å². The lowest BCUT2D eigenvalue weighted by Gasteiger charge is -2.26. The molecular formula is C51H44N4S. The van der Waals surface area contributed by atoms with E-state index in [9.17, 15) is 5.26 Å². The summed E-state index contributed by atoms with van der Waals surface area (Å²) >= 11 is 1.68. The molecule has 0 saturated heterocycles. The van der Waals surface area contributed by atoms with Gasteiger partial charge in [0.15, 0.2) is 0 Å². The molecule has 274 valence electrons. The molecule has 0 aliphatic carbocycles. The maximum Gasteiger partial charge on any atom is 0.119 e. The van der Waals surface area contributed by atoms with Crippen molar-refractivity contribution in [3.05, 3.63) is 216 Å². The molecular weight excluding hydrogens is 701 g/mol. The Morgan fingerprint density at radius 1 is 0.696 bits per heavy atom. The highest BCUT2D eigenvalue weighted by Gasteiger charge is 2.30. The van der Waals surface area contributed by atoms with Crippen LogP contribution in [0.15, 0.2) is 199 Å². The highest BCUT2D eigenvalue weighted by Crippen LogP contribution is 2.51. The zero-order chi connectivity index (χ0) is 38.7. The van der Waals surface area contributed by atoms with E-state index in [-0.39, 0.29) is 5.92 Å². The summed E-state index contributed by atoms with van der Waals surface area (Å²) in [6.45, 7) is 7.15. The Hall–Kier alpha value is -6.74. The van der Waals surface area contributed by atoms with E-state index >= 15 is 0 Å². The van der Waals surface area contributed by atoms with E-state index < -0.39 is 0 Å². The topological polar surface area (TPSA) is 42.6 Å². The summed E-state index contributed by atoms with van der Waals surface area (Å²) in [6.07, 6.45) is 8.42. The number of aryl methyl sites for hydroxylation is 1. The smallest absolute Gasteiger partial charge is 0.119 e. The molecule has 0 radical (unpaired) electrons. The van der Waals surface area contributed by atoms with Crippen LogP contribution >= 0.6 is 11.3 Å². The maximum absolute atomic E-state index is 11.2. The fourth-order valence-corrected chi connectivity index (χ4v) is 8.46. The molecule has 4 nitrogen and oxygen atoms in total. The minimum Gasteiger partial charge on any atom is -0.342 e. The van der Waals surface area contributed by atoms with Crippen molar-refractivity contribution in [2.24, 2.45) is 4.99 Å². The van der Waals surface area contributed by atoms with Crippen molar-refractivity contribution in [1.82, 2.24) is 0 Å². The zero-order valence-corrected chi connectivity index (χ0v) is 32.8. The van der Waals surface area contributed by atoms with Crippen LogP contribution in [0.1, 0.15) is 41.3 Å². The molecule has 7 aromatic rings. The summed E-state index contributed by atoms with van der Waals surface area (Å²) in [5.74, 6) is -0.211. The van der Waals surface area contributed by atoms with Crippen molar-refractivity contribution < 1.29 is 0 Å². The second kappa shape index (κ2) is 18.1. The first kappa shape index (κ1) is 37.6. The molecule has 0 aliphatic heterocycles. The summed E-state index contributed by atoms with van der Waals surface area (Å²) in [7, 11) is 0. The van der Waals surface area contributed by atoms with Crippen molar-refractivity contribution in [3.63, 3.8) is 0 Å². The van der Waals surface area contributed by atoms with E-state index in [2.05, 4.69) is 151 Å². The van der Waals surface area contributed by atoms with Crippen molar-refractivity contribution in [3.8, 4) is 17.2 Å². The SMILES string of the molecule is C\C=C/C(/C=C\[C@H](c1ccc(N(CC)c2ccccc2)cc1)c1sc(N(c2ccccc2)c2ccccc2C)c(C#N)c1-c1ccccc1)=N\c1ccccc1. The summed E-state index contributed by atoms with van der Waals surface area (Å²) < 4.78 is 0. The standard InChI is InChI=1S/C51H44N4S/c1-4-20-41(53-42-24-12-7-13-25-42)33-36-46(39-31-34-44(35-32-39)54(5-2)43-26-14-8-15-27-43)50-49(40-22-10-6-11-23-40)47(37-52)51(56-50)55(45-28-16-9-17-29-45)48-30-19-18-21-38(48)3/h4,6-36,46H,5H2,1-3H3/b20-4-,36-33-,53-41+/t46-/m1/s1. The predicted octanol–water partition coefficient (Wildman–Crippen LogP) is 14.3. The number of para-hydroxylation sites is 4. The van der Waals surface area contributed by atoms with E-state index in [1.54, 1.807) is 11.3 Å². The molecule has 0 spiro atoms. The second-order valence-electron chi connectivity index (χ2n) is 13.3. The molecule has 0 saturated carbocycles. The lowest BCUT2D eigenvalue weighted by atomic mass is 9.90. The molecule has 5 heteroatoms. The molecule has 6 aromatic carbocycles. The van der Waals surface area contributed by atoms with E-state index in [1.807, 2.05) is 79.7 Å². The Bertz CT molecular complexity index is 2480. The van der Waals surface area contributed by atoms with E-state index in [0.29, 0.717) is 5.56 Å². The third-order valence-electron chi connectivity index (χ3n) is 9.71. The van der Waals surface area contributed by atoms with Gasteiger partial charge in [-0.15, -0.1) is 11.3 Å². The number of allylic oxidation sites excluding steroid dienone is 4. The van der Waals surface area contributed by atoms with Crippen LogP contribution in [0.25, 0.3) is 11.1 Å². The van der Waals surface area contributed by atoms with Gasteiger partial charge in [-0.25, -0.2) is 4.99 Å². The van der Waals surface area contributed by atoms with Crippen LogP contribution in [-0.4, -0.2) is 12.3 Å². The molecule has 1 atom stereocenters. The third kappa shape index (κ3) is 8.32. The van der Waals surface area contributed by atoms with Crippen LogP contribution in [0.2, 0.25) is 0 Å². The molecule has 0 N–H and O–H groups in total. The van der Waals surface area contributed by atoms with Gasteiger partial charge in [-0.1, -0.05) is 127 Å². The Morgan fingerprint density at radius 2 is 1.27 bits per heavy atom. The minimum atomic E-state index is -0.211. The predicted molar refractivity (Wildman–Crippen MR) is 239 cm³/mol. The van der Waals surface area contributed by atoms with Gasteiger partial charge in [-0.3, -0.25) is 0 Å². The maximum atomic E-state index is 11.2. The van der Waals surface area contributed by atoms with Crippen molar-refractivity contribution in [2.75, 3.05) is 16.3 Å². The molecule has 0 aliphatic rings. The van der Waals surface area contributed by atoms with Gasteiger partial charge in [0.1, 0.15) is 11.1 Å². The van der Waals surface area contributed by atoms with Crippen LogP contribution in [0.4, 0.5) is 33.4 Å². The number of rotatable bonds is 13. The number of nitrogens with zero attached hydrogens (tertiary/aromatic N) is 4. The van der Waals surface area contributed by atoms with Crippen LogP contribution in [0.5, 0.6) is 0 Å². The molecule has 56 heavy (non-hydrogen) atoms. The summed E-state index contributed by atoms with van der Waals surface area (Å²) in [4.78, 5) is 10.7. The first-order valence-corrected chi connectivity index (χ1v) is 19.8. The minimum absolute atomic E-state index is 0.211. The van der Waals surface area contributed by atoms with E-state index in [1.165, 1.54) is 0 Å². The number of nitriles is 1. The van der Waals surface area contributed by atoms with Crippen LogP contribution in [0, 0.1) is 18.3 Å². The molecule has 1 aromatic heterocycles. The molecule has 0 amide bonds. The lowest BCUT2D eigenvalue weighted by Crippen LogP contribution is -2.15. The monoisotopic (exact) mass is 744 g/mol. The van der Waals surface area contributed by atoms with Gasteiger partial charge in [0.05, 0.1) is 17.0 Å². The van der Waals surface area contributed by atoms with Gasteiger partial charge >= 0.3 is 0 Å². The third-order valence-corrected chi connectivity index (χ3v) is 11.0. The molecule has 1 heterocycles. The Balaban J connectivity index is 1.47. The Morgan fingerprint density at radius 3 is 1.88 bits per heavy atom. The molecule has 7 rings (SSSR count). The number of aliphatic imine (C=N–C) groups is 1. The molecule has 0 fully saturated rings. The number of hydrogen-bond donors (Lipinski definition) is 0. The average Bonchev–Trinajstić information content (AvgIpc) is 3.62. The van der Waals surface area contributed by atoms with Crippen molar-refractivity contribution in [2.45, 2.75) is 26.7 Å². The van der Waals surface area contributed by atoms with Gasteiger partial charge in [0.2, 0.25) is 0 Å². The highest BCUT2D eigenvalue weighted by atomic mass is 32.1. The molecule has 0 unspecified atom stereocenters. The average molecular weight is 745 g/mol. The number of hydrogen-bond acceptors (Lipinski definition) is 5.